The fraction of sp³-hybridized carbons (Fsp3) is 0.0400. The van der Waals surface area contributed by atoms with E-state index in [-0.39, 0.29) is 11.7 Å². The second-order valence-corrected chi connectivity index (χ2v) is 8.72. The summed E-state index contributed by atoms with van der Waals surface area (Å²) in [5.41, 5.74) is 2.04. The Morgan fingerprint density at radius 3 is 2.17 bits per heavy atom. The molecule has 0 heterocycles. The molecule has 5 heteroatoms. The molecule has 0 saturated heterocycles. The smallest absolute Gasteiger partial charge is 0.255 e. The summed E-state index contributed by atoms with van der Waals surface area (Å²) in [6, 6.07) is 28.5. The molecule has 0 aromatic heterocycles. The molecule has 0 aliphatic heterocycles. The van der Waals surface area contributed by atoms with Gasteiger partial charge in [0.05, 0.1) is 5.75 Å². The van der Waals surface area contributed by atoms with Crippen LogP contribution in [-0.4, -0.2) is 17.4 Å². The van der Waals surface area contributed by atoms with E-state index in [4.69, 9.17) is 0 Å². The van der Waals surface area contributed by atoms with E-state index in [0.29, 0.717) is 16.9 Å². The number of anilines is 1. The van der Waals surface area contributed by atoms with Crippen molar-refractivity contribution < 1.29 is 9.59 Å². The minimum atomic E-state index is -0.147. The molecule has 0 unspecified atom stereocenters. The van der Waals surface area contributed by atoms with Crippen LogP contribution in [0.4, 0.5) is 5.69 Å². The van der Waals surface area contributed by atoms with Crippen LogP contribution in [0.5, 0.6) is 0 Å². The van der Waals surface area contributed by atoms with Crippen molar-refractivity contribution in [2.45, 2.75) is 4.90 Å². The third-order valence-electron chi connectivity index (χ3n) is 4.66. The van der Waals surface area contributed by atoms with Crippen LogP contribution < -0.4 is 5.32 Å². The van der Waals surface area contributed by atoms with Gasteiger partial charge in [-0.25, -0.2) is 0 Å². The molecule has 1 amide bonds. The zero-order chi connectivity index (χ0) is 20.9. The number of rotatable bonds is 6. The van der Waals surface area contributed by atoms with Crippen molar-refractivity contribution in [3.05, 3.63) is 107 Å². The van der Waals surface area contributed by atoms with Crippen LogP contribution in [0.3, 0.4) is 0 Å². The van der Waals surface area contributed by atoms with Crippen molar-refractivity contribution in [2.24, 2.45) is 0 Å². The number of fused-ring (bicyclic) bond motifs is 1. The molecule has 0 aliphatic rings. The first kappa shape index (κ1) is 20.4. The molecule has 4 rings (SSSR count). The average Bonchev–Trinajstić information content (AvgIpc) is 2.78. The molecule has 148 valence electrons. The van der Waals surface area contributed by atoms with E-state index in [0.717, 1.165) is 25.8 Å². The minimum Gasteiger partial charge on any atom is -0.322 e. The highest BCUT2D eigenvalue weighted by Gasteiger charge is 2.09. The quantitative estimate of drug-likeness (QED) is 0.245. The number of ketones is 1. The van der Waals surface area contributed by atoms with Crippen LogP contribution in [0.2, 0.25) is 0 Å². The van der Waals surface area contributed by atoms with Gasteiger partial charge in [0.25, 0.3) is 5.91 Å². The monoisotopic (exact) mass is 475 g/mol. The molecular formula is C25H18BrNO2S. The van der Waals surface area contributed by atoms with Gasteiger partial charge in [0, 0.05) is 26.2 Å². The maximum absolute atomic E-state index is 12.6. The van der Waals surface area contributed by atoms with E-state index in [1.807, 2.05) is 91.0 Å². The number of carbonyl (C=O) groups excluding carboxylic acids is 2. The van der Waals surface area contributed by atoms with Crippen LogP contribution in [-0.2, 0) is 0 Å². The van der Waals surface area contributed by atoms with Crippen LogP contribution in [0.1, 0.15) is 20.7 Å². The van der Waals surface area contributed by atoms with Crippen LogP contribution in [0, 0.1) is 0 Å². The lowest BCUT2D eigenvalue weighted by Gasteiger charge is -2.08. The van der Waals surface area contributed by atoms with Crippen molar-refractivity contribution in [2.75, 3.05) is 11.1 Å². The molecule has 0 fully saturated rings. The SMILES string of the molecule is O=C(CSc1ccc(NC(=O)c2ccc3ccccc3c2)cc1)c1ccc(Br)cc1. The van der Waals surface area contributed by atoms with E-state index >= 15 is 0 Å². The van der Waals surface area contributed by atoms with Gasteiger partial charge in [0.2, 0.25) is 0 Å². The third-order valence-corrected chi connectivity index (χ3v) is 6.20. The lowest BCUT2D eigenvalue weighted by atomic mass is 10.1. The van der Waals surface area contributed by atoms with Gasteiger partial charge in [-0.1, -0.05) is 58.4 Å². The summed E-state index contributed by atoms with van der Waals surface area (Å²) >= 11 is 4.85. The number of Topliss-reactive ketones (excluding diaryl/α,β-unsaturated/α-hetero) is 1. The third kappa shape index (κ3) is 4.99. The topological polar surface area (TPSA) is 46.2 Å². The Morgan fingerprint density at radius 2 is 1.43 bits per heavy atom. The largest absolute Gasteiger partial charge is 0.322 e. The number of carbonyl (C=O) groups is 2. The van der Waals surface area contributed by atoms with E-state index in [1.54, 1.807) is 0 Å². The Kier molecular flexibility index (Phi) is 6.31. The van der Waals surface area contributed by atoms with Crippen molar-refractivity contribution in [1.29, 1.82) is 0 Å². The normalized spacial score (nSPS) is 10.7. The highest BCUT2D eigenvalue weighted by atomic mass is 79.9. The van der Waals surface area contributed by atoms with Crippen molar-refractivity contribution in [3.8, 4) is 0 Å². The molecule has 0 radical (unpaired) electrons. The lowest BCUT2D eigenvalue weighted by Crippen LogP contribution is -2.11. The molecule has 30 heavy (non-hydrogen) atoms. The highest BCUT2D eigenvalue weighted by molar-refractivity contribution is 9.10. The molecule has 4 aromatic carbocycles. The van der Waals surface area contributed by atoms with Gasteiger partial charge in [-0.05, 0) is 59.3 Å². The van der Waals surface area contributed by atoms with Gasteiger partial charge in [-0.3, -0.25) is 9.59 Å². The second-order valence-electron chi connectivity index (χ2n) is 6.76. The number of thioether (sulfide) groups is 1. The Bertz CT molecular complexity index is 1200. The maximum atomic E-state index is 12.6. The zero-order valence-electron chi connectivity index (χ0n) is 16.0. The van der Waals surface area contributed by atoms with Crippen molar-refractivity contribution in [1.82, 2.24) is 0 Å². The Morgan fingerprint density at radius 1 is 0.767 bits per heavy atom. The Balaban J connectivity index is 1.36. The molecule has 0 aliphatic carbocycles. The number of amides is 1. The minimum absolute atomic E-state index is 0.0844. The number of hydrogen-bond donors (Lipinski definition) is 1. The molecule has 0 saturated carbocycles. The average molecular weight is 476 g/mol. The van der Waals surface area contributed by atoms with Gasteiger partial charge in [-0.15, -0.1) is 11.8 Å². The predicted molar refractivity (Wildman–Crippen MR) is 128 cm³/mol. The fourth-order valence-electron chi connectivity index (χ4n) is 3.04. The molecular weight excluding hydrogens is 458 g/mol. The summed E-state index contributed by atoms with van der Waals surface area (Å²) in [4.78, 5) is 25.8. The zero-order valence-corrected chi connectivity index (χ0v) is 18.4. The van der Waals surface area contributed by atoms with Crippen LogP contribution in [0.25, 0.3) is 10.8 Å². The fourth-order valence-corrected chi connectivity index (χ4v) is 4.09. The molecule has 0 spiro atoms. The number of halogens is 1. The first-order valence-corrected chi connectivity index (χ1v) is 11.2. The lowest BCUT2D eigenvalue weighted by molar-refractivity contribution is 0.101. The summed E-state index contributed by atoms with van der Waals surface area (Å²) in [7, 11) is 0. The van der Waals surface area contributed by atoms with E-state index in [9.17, 15) is 9.59 Å². The Hall–Kier alpha value is -2.89. The standard InChI is InChI=1S/C25H18BrNO2S/c26-21-9-7-18(8-10-21)24(28)16-30-23-13-11-22(12-14-23)27-25(29)20-6-5-17-3-1-2-4-19(17)15-20/h1-15H,16H2,(H,27,29). The summed E-state index contributed by atoms with van der Waals surface area (Å²) < 4.78 is 0.952. The van der Waals surface area contributed by atoms with Crippen LogP contribution in [0.15, 0.2) is 100 Å². The molecule has 4 aromatic rings. The molecule has 0 atom stereocenters. The number of benzene rings is 4. The van der Waals surface area contributed by atoms with Crippen LogP contribution >= 0.6 is 27.7 Å². The first-order chi connectivity index (χ1) is 14.6. The molecule has 0 bridgehead atoms. The van der Waals surface area contributed by atoms with Gasteiger partial charge in [0.1, 0.15) is 0 Å². The van der Waals surface area contributed by atoms with Crippen molar-refractivity contribution in [3.63, 3.8) is 0 Å². The van der Waals surface area contributed by atoms with Gasteiger partial charge in [-0.2, -0.15) is 0 Å². The summed E-state index contributed by atoms with van der Waals surface area (Å²) in [5.74, 6) is 0.303. The summed E-state index contributed by atoms with van der Waals surface area (Å²) in [6.07, 6.45) is 0. The first-order valence-electron chi connectivity index (χ1n) is 9.40. The Labute approximate surface area is 187 Å². The highest BCUT2D eigenvalue weighted by Crippen LogP contribution is 2.23. The second kappa shape index (κ2) is 9.28. The van der Waals surface area contributed by atoms with E-state index in [1.165, 1.54) is 11.8 Å². The molecule has 1 N–H and O–H groups in total. The van der Waals surface area contributed by atoms with Gasteiger partial charge in [0.15, 0.2) is 5.78 Å². The summed E-state index contributed by atoms with van der Waals surface area (Å²) in [6.45, 7) is 0. The predicted octanol–water partition coefficient (Wildman–Crippen LogP) is 6.83. The molecule has 3 nitrogen and oxygen atoms in total. The number of nitrogens with one attached hydrogen (secondary N) is 1. The van der Waals surface area contributed by atoms with Gasteiger partial charge < -0.3 is 5.32 Å². The van der Waals surface area contributed by atoms with E-state index in [2.05, 4.69) is 21.2 Å². The summed E-state index contributed by atoms with van der Waals surface area (Å²) in [5, 5.41) is 5.07. The van der Waals surface area contributed by atoms with Crippen molar-refractivity contribution >= 4 is 55.8 Å². The van der Waals surface area contributed by atoms with E-state index < -0.39 is 0 Å². The van der Waals surface area contributed by atoms with Gasteiger partial charge >= 0.3 is 0 Å². The number of hydrogen-bond acceptors (Lipinski definition) is 3. The maximum Gasteiger partial charge on any atom is 0.255 e.